The van der Waals surface area contributed by atoms with E-state index >= 15 is 0 Å². The molecule has 1 aliphatic heterocycles. The quantitative estimate of drug-likeness (QED) is 0.786. The van der Waals surface area contributed by atoms with Crippen molar-refractivity contribution in [2.75, 3.05) is 13.7 Å². The van der Waals surface area contributed by atoms with E-state index in [2.05, 4.69) is 16.8 Å². The molecule has 0 saturated carbocycles. The highest BCUT2D eigenvalue weighted by atomic mass is 32.1. The minimum Gasteiger partial charge on any atom is -0.496 e. The summed E-state index contributed by atoms with van der Waals surface area (Å²) >= 11 is 1.79. The second kappa shape index (κ2) is 4.11. The highest BCUT2D eigenvalue weighted by molar-refractivity contribution is 7.10. The van der Waals surface area contributed by atoms with Gasteiger partial charge in [-0.25, -0.2) is 0 Å². The molecule has 72 valence electrons. The Morgan fingerprint density at radius 1 is 1.54 bits per heavy atom. The fourth-order valence-corrected chi connectivity index (χ4v) is 2.68. The zero-order valence-electron chi connectivity index (χ0n) is 7.88. The summed E-state index contributed by atoms with van der Waals surface area (Å²) in [4.78, 5) is 1.41. The molecule has 0 bridgehead atoms. The van der Waals surface area contributed by atoms with Crippen LogP contribution in [0.15, 0.2) is 11.4 Å². The summed E-state index contributed by atoms with van der Waals surface area (Å²) in [5.41, 5.74) is 0. The van der Waals surface area contributed by atoms with Crippen molar-refractivity contribution in [2.45, 2.75) is 25.3 Å². The van der Waals surface area contributed by atoms with Crippen molar-refractivity contribution in [3.8, 4) is 5.75 Å². The minimum absolute atomic E-state index is 0.572. The summed E-state index contributed by atoms with van der Waals surface area (Å²) in [6.07, 6.45) is 3.93. The van der Waals surface area contributed by atoms with Gasteiger partial charge in [0.15, 0.2) is 0 Å². The van der Waals surface area contributed by atoms with E-state index in [1.807, 2.05) is 0 Å². The topological polar surface area (TPSA) is 21.3 Å². The maximum absolute atomic E-state index is 5.17. The zero-order valence-corrected chi connectivity index (χ0v) is 8.69. The number of ether oxygens (including phenoxy) is 1. The molecule has 2 heterocycles. The molecule has 0 unspecified atom stereocenters. The third kappa shape index (κ3) is 2.03. The Morgan fingerprint density at radius 3 is 3.08 bits per heavy atom. The first-order valence-corrected chi connectivity index (χ1v) is 5.64. The molecule has 0 amide bonds. The maximum atomic E-state index is 5.17. The van der Waals surface area contributed by atoms with E-state index in [0.29, 0.717) is 6.04 Å². The lowest BCUT2D eigenvalue weighted by molar-refractivity contribution is 0.407. The Morgan fingerprint density at radius 2 is 2.46 bits per heavy atom. The molecule has 1 aliphatic rings. The van der Waals surface area contributed by atoms with Crippen molar-refractivity contribution < 1.29 is 4.74 Å². The van der Waals surface area contributed by atoms with Crippen molar-refractivity contribution in [1.82, 2.24) is 5.32 Å². The Balaban J connectivity index is 2.05. The number of thiophene rings is 1. The summed E-state index contributed by atoms with van der Waals surface area (Å²) in [6, 6.07) is 2.72. The molecule has 13 heavy (non-hydrogen) atoms. The van der Waals surface area contributed by atoms with Gasteiger partial charge in [0.2, 0.25) is 0 Å². The number of nitrogens with one attached hydrogen (secondary N) is 1. The molecule has 0 spiro atoms. The van der Waals surface area contributed by atoms with Crippen LogP contribution in [0.1, 0.15) is 30.2 Å². The van der Waals surface area contributed by atoms with Crippen LogP contribution in [0.5, 0.6) is 5.75 Å². The van der Waals surface area contributed by atoms with Crippen LogP contribution in [0, 0.1) is 0 Å². The number of rotatable bonds is 2. The molecule has 1 N–H and O–H groups in total. The average Bonchev–Trinajstić information content (AvgIpc) is 2.67. The second-order valence-electron chi connectivity index (χ2n) is 3.39. The van der Waals surface area contributed by atoms with Crippen LogP contribution in [-0.4, -0.2) is 13.7 Å². The molecule has 0 radical (unpaired) electrons. The molecule has 1 atom stereocenters. The van der Waals surface area contributed by atoms with Gasteiger partial charge >= 0.3 is 0 Å². The number of methoxy groups -OCH3 is 1. The standard InChI is InChI=1S/C10H15NOS/c1-12-8-6-10(13-7-8)9-4-2-3-5-11-9/h6-7,9,11H,2-5H2,1H3/t9-/m0/s1. The van der Waals surface area contributed by atoms with Gasteiger partial charge in [-0.15, -0.1) is 11.3 Å². The predicted molar refractivity (Wildman–Crippen MR) is 55.5 cm³/mol. The van der Waals surface area contributed by atoms with Crippen molar-refractivity contribution in [3.63, 3.8) is 0 Å². The maximum Gasteiger partial charge on any atom is 0.129 e. The molecule has 2 nitrogen and oxygen atoms in total. The highest BCUT2D eigenvalue weighted by Crippen LogP contribution is 2.31. The van der Waals surface area contributed by atoms with Gasteiger partial charge in [0.25, 0.3) is 0 Å². The van der Waals surface area contributed by atoms with Crippen molar-refractivity contribution in [2.24, 2.45) is 0 Å². The Kier molecular flexibility index (Phi) is 2.86. The molecule has 1 aromatic rings. The lowest BCUT2D eigenvalue weighted by Gasteiger charge is -2.21. The minimum atomic E-state index is 0.572. The van der Waals surface area contributed by atoms with Crippen LogP contribution in [0.4, 0.5) is 0 Å². The SMILES string of the molecule is COc1csc([C@@H]2CCCCN2)c1. The van der Waals surface area contributed by atoms with Gasteiger partial charge in [-0.2, -0.15) is 0 Å². The molecule has 1 fully saturated rings. The fraction of sp³-hybridized carbons (Fsp3) is 0.600. The van der Waals surface area contributed by atoms with E-state index in [1.54, 1.807) is 18.4 Å². The average molecular weight is 197 g/mol. The summed E-state index contributed by atoms with van der Waals surface area (Å²) < 4.78 is 5.17. The van der Waals surface area contributed by atoms with E-state index in [9.17, 15) is 0 Å². The number of hydrogen-bond donors (Lipinski definition) is 1. The summed E-state index contributed by atoms with van der Waals surface area (Å²) in [5.74, 6) is 0.993. The second-order valence-corrected chi connectivity index (χ2v) is 4.33. The normalized spacial score (nSPS) is 23.0. The predicted octanol–water partition coefficient (Wildman–Crippen LogP) is 2.57. The van der Waals surface area contributed by atoms with Crippen molar-refractivity contribution >= 4 is 11.3 Å². The van der Waals surface area contributed by atoms with Crippen LogP contribution < -0.4 is 10.1 Å². The smallest absolute Gasteiger partial charge is 0.129 e. The molecular formula is C10H15NOS. The molecule has 1 aromatic heterocycles. The van der Waals surface area contributed by atoms with E-state index < -0.39 is 0 Å². The molecule has 2 rings (SSSR count). The highest BCUT2D eigenvalue weighted by Gasteiger charge is 2.16. The third-order valence-corrected chi connectivity index (χ3v) is 3.51. The third-order valence-electron chi connectivity index (χ3n) is 2.49. The largest absolute Gasteiger partial charge is 0.496 e. The van der Waals surface area contributed by atoms with Crippen LogP contribution in [0.25, 0.3) is 0 Å². The first-order chi connectivity index (χ1) is 6.40. The number of hydrogen-bond acceptors (Lipinski definition) is 3. The molecule has 0 aromatic carbocycles. The lowest BCUT2D eigenvalue weighted by atomic mass is 10.0. The van der Waals surface area contributed by atoms with Gasteiger partial charge in [-0.1, -0.05) is 6.42 Å². The van der Waals surface area contributed by atoms with Gasteiger partial charge in [-0.05, 0) is 25.5 Å². The van der Waals surface area contributed by atoms with E-state index in [1.165, 1.54) is 24.1 Å². The van der Waals surface area contributed by atoms with Gasteiger partial charge in [-0.3, -0.25) is 0 Å². The van der Waals surface area contributed by atoms with Gasteiger partial charge in [0.05, 0.1) is 7.11 Å². The lowest BCUT2D eigenvalue weighted by Crippen LogP contribution is -2.25. The first-order valence-electron chi connectivity index (χ1n) is 4.76. The monoisotopic (exact) mass is 197 g/mol. The van der Waals surface area contributed by atoms with Crippen LogP contribution in [0.2, 0.25) is 0 Å². The summed E-state index contributed by atoms with van der Waals surface area (Å²) in [6.45, 7) is 1.16. The Hall–Kier alpha value is -0.540. The molecular weight excluding hydrogens is 182 g/mol. The van der Waals surface area contributed by atoms with Crippen molar-refractivity contribution in [1.29, 1.82) is 0 Å². The van der Waals surface area contributed by atoms with Gasteiger partial charge in [0.1, 0.15) is 5.75 Å². The fourth-order valence-electron chi connectivity index (χ4n) is 1.72. The molecule has 3 heteroatoms. The van der Waals surface area contributed by atoms with Crippen molar-refractivity contribution in [3.05, 3.63) is 16.3 Å². The summed E-state index contributed by atoms with van der Waals surface area (Å²) in [7, 11) is 1.72. The Labute approximate surface area is 82.9 Å². The van der Waals surface area contributed by atoms with E-state index in [4.69, 9.17) is 4.74 Å². The van der Waals surface area contributed by atoms with Crippen LogP contribution in [0.3, 0.4) is 0 Å². The molecule has 0 aliphatic carbocycles. The van der Waals surface area contributed by atoms with Gasteiger partial charge < -0.3 is 10.1 Å². The number of piperidine rings is 1. The van der Waals surface area contributed by atoms with Crippen LogP contribution >= 0.6 is 11.3 Å². The summed E-state index contributed by atoms with van der Waals surface area (Å²) in [5, 5.41) is 5.60. The Bertz CT molecular complexity index is 266. The zero-order chi connectivity index (χ0) is 9.10. The van der Waals surface area contributed by atoms with E-state index in [0.717, 1.165) is 12.3 Å². The van der Waals surface area contributed by atoms with E-state index in [-0.39, 0.29) is 0 Å². The molecule has 1 saturated heterocycles. The van der Waals surface area contributed by atoms with Gasteiger partial charge in [0, 0.05) is 16.3 Å². The first kappa shape index (κ1) is 9.03. The van der Waals surface area contributed by atoms with Crippen LogP contribution in [-0.2, 0) is 0 Å².